The van der Waals surface area contributed by atoms with E-state index < -0.39 is 5.54 Å². The van der Waals surface area contributed by atoms with Crippen molar-refractivity contribution in [2.45, 2.75) is 32.2 Å². The molecule has 6 heteroatoms. The molecule has 1 aliphatic heterocycles. The van der Waals surface area contributed by atoms with Crippen LogP contribution >= 0.6 is 0 Å². The third kappa shape index (κ3) is 5.08. The summed E-state index contributed by atoms with van der Waals surface area (Å²) in [5, 5.41) is 11.7. The summed E-state index contributed by atoms with van der Waals surface area (Å²) in [6.45, 7) is 9.21. The van der Waals surface area contributed by atoms with Crippen LogP contribution in [0.1, 0.15) is 32.3 Å². The Morgan fingerprint density at radius 3 is 2.81 bits per heavy atom. The molecule has 1 heterocycles. The maximum absolute atomic E-state index is 12.7. The number of carbonyl (C=O) groups excluding carboxylic acids is 1. The van der Waals surface area contributed by atoms with Gasteiger partial charge in [-0.1, -0.05) is 19.9 Å². The maximum Gasteiger partial charge on any atom is 0.251 e. The SMILES string of the molecule is C=CC[C@]1(C(=O)NCC(C)C)COC(c2ccc(OCCCO)cc2)=N1. The van der Waals surface area contributed by atoms with Crippen LogP contribution < -0.4 is 10.1 Å². The molecule has 0 radical (unpaired) electrons. The molecule has 1 amide bonds. The number of hydrogen-bond donors (Lipinski definition) is 2. The van der Waals surface area contributed by atoms with Gasteiger partial charge in [-0.3, -0.25) is 4.79 Å². The molecular weight excluding hydrogens is 332 g/mol. The Labute approximate surface area is 154 Å². The van der Waals surface area contributed by atoms with Crippen LogP contribution in [-0.2, 0) is 9.53 Å². The molecule has 1 atom stereocenters. The Morgan fingerprint density at radius 1 is 1.46 bits per heavy atom. The second-order valence-corrected chi connectivity index (χ2v) is 6.78. The van der Waals surface area contributed by atoms with Crippen LogP contribution in [0.15, 0.2) is 41.9 Å². The molecule has 0 saturated heterocycles. The van der Waals surface area contributed by atoms with E-state index in [9.17, 15) is 4.79 Å². The Morgan fingerprint density at radius 2 is 2.19 bits per heavy atom. The molecule has 0 spiro atoms. The molecule has 2 rings (SSSR count). The van der Waals surface area contributed by atoms with Crippen LogP contribution in [-0.4, -0.2) is 48.8 Å². The minimum atomic E-state index is -0.956. The molecule has 1 aromatic rings. The first kappa shape index (κ1) is 20.0. The van der Waals surface area contributed by atoms with Crippen molar-refractivity contribution in [2.75, 3.05) is 26.4 Å². The first-order chi connectivity index (χ1) is 12.5. The molecule has 0 unspecified atom stereocenters. The third-order valence-corrected chi connectivity index (χ3v) is 4.01. The fourth-order valence-corrected chi connectivity index (χ4v) is 2.56. The first-order valence-electron chi connectivity index (χ1n) is 8.96. The number of carbonyl (C=O) groups is 1. The number of benzene rings is 1. The largest absolute Gasteiger partial charge is 0.494 e. The molecule has 0 fully saturated rings. The quantitative estimate of drug-likeness (QED) is 0.496. The Balaban J connectivity index is 2.11. The zero-order chi connectivity index (χ0) is 19.0. The topological polar surface area (TPSA) is 80.2 Å². The summed E-state index contributed by atoms with van der Waals surface area (Å²) in [7, 11) is 0. The van der Waals surface area contributed by atoms with E-state index in [1.54, 1.807) is 6.08 Å². The van der Waals surface area contributed by atoms with Gasteiger partial charge in [-0.15, -0.1) is 6.58 Å². The lowest BCUT2D eigenvalue weighted by atomic mass is 9.96. The highest BCUT2D eigenvalue weighted by molar-refractivity contribution is 6.00. The second kappa shape index (κ2) is 9.38. The summed E-state index contributed by atoms with van der Waals surface area (Å²) >= 11 is 0. The van der Waals surface area contributed by atoms with Crippen LogP contribution in [0, 0.1) is 5.92 Å². The molecule has 26 heavy (non-hydrogen) atoms. The summed E-state index contributed by atoms with van der Waals surface area (Å²) < 4.78 is 11.3. The van der Waals surface area contributed by atoms with E-state index in [0.717, 1.165) is 5.56 Å². The highest BCUT2D eigenvalue weighted by Gasteiger charge is 2.43. The minimum absolute atomic E-state index is 0.104. The number of nitrogens with zero attached hydrogens (tertiary/aromatic N) is 1. The number of aliphatic hydroxyl groups excluding tert-OH is 1. The molecule has 1 aromatic carbocycles. The third-order valence-electron chi connectivity index (χ3n) is 4.01. The standard InChI is InChI=1S/C20H28N2O4/c1-4-10-20(19(24)21-13-15(2)3)14-26-18(22-20)16-6-8-17(9-7-16)25-12-5-11-23/h4,6-9,15,23H,1,5,10-14H2,2-3H3,(H,21,24)/t20-/m1/s1. The van der Waals surface area contributed by atoms with Crippen LogP contribution in [0.25, 0.3) is 0 Å². The van der Waals surface area contributed by atoms with Gasteiger partial charge in [0, 0.05) is 31.6 Å². The average Bonchev–Trinajstić information content (AvgIpc) is 3.06. The number of ether oxygens (including phenoxy) is 2. The fraction of sp³-hybridized carbons (Fsp3) is 0.500. The summed E-state index contributed by atoms with van der Waals surface area (Å²) in [5.74, 6) is 1.40. The fourth-order valence-electron chi connectivity index (χ4n) is 2.56. The average molecular weight is 360 g/mol. The van der Waals surface area contributed by atoms with Gasteiger partial charge in [0.05, 0.1) is 6.61 Å². The van der Waals surface area contributed by atoms with Gasteiger partial charge in [0.1, 0.15) is 12.4 Å². The molecule has 2 N–H and O–H groups in total. The highest BCUT2D eigenvalue weighted by atomic mass is 16.5. The van der Waals surface area contributed by atoms with Gasteiger partial charge in [-0.2, -0.15) is 0 Å². The Hall–Kier alpha value is -2.34. The van der Waals surface area contributed by atoms with Gasteiger partial charge in [-0.05, 0) is 30.2 Å². The zero-order valence-electron chi connectivity index (χ0n) is 15.5. The van der Waals surface area contributed by atoms with Gasteiger partial charge in [0.2, 0.25) is 5.90 Å². The number of aliphatic hydroxyl groups is 1. The number of aliphatic imine (C=N–C) groups is 1. The molecule has 0 bridgehead atoms. The summed E-state index contributed by atoms with van der Waals surface area (Å²) in [6.07, 6.45) is 2.71. The number of nitrogens with one attached hydrogen (secondary N) is 1. The van der Waals surface area contributed by atoms with E-state index in [1.807, 2.05) is 38.1 Å². The predicted octanol–water partition coefficient (Wildman–Crippen LogP) is 2.31. The van der Waals surface area contributed by atoms with E-state index in [4.69, 9.17) is 14.6 Å². The van der Waals surface area contributed by atoms with Crippen LogP contribution in [0.5, 0.6) is 5.75 Å². The Kier molecular flexibility index (Phi) is 7.21. The van der Waals surface area contributed by atoms with E-state index in [0.29, 0.717) is 43.6 Å². The smallest absolute Gasteiger partial charge is 0.251 e. The molecule has 142 valence electrons. The van der Waals surface area contributed by atoms with E-state index in [2.05, 4.69) is 16.9 Å². The Bertz CT molecular complexity index is 640. The predicted molar refractivity (Wildman–Crippen MR) is 102 cm³/mol. The molecule has 0 aliphatic carbocycles. The molecule has 6 nitrogen and oxygen atoms in total. The summed E-state index contributed by atoms with van der Waals surface area (Å²) in [5.41, 5.74) is -0.162. The molecule has 0 aromatic heterocycles. The van der Waals surface area contributed by atoms with Gasteiger partial charge in [0.15, 0.2) is 5.54 Å². The van der Waals surface area contributed by atoms with E-state index >= 15 is 0 Å². The van der Waals surface area contributed by atoms with Crippen LogP contribution in [0.3, 0.4) is 0 Å². The normalized spacial score (nSPS) is 19.0. The highest BCUT2D eigenvalue weighted by Crippen LogP contribution is 2.27. The monoisotopic (exact) mass is 360 g/mol. The van der Waals surface area contributed by atoms with Crippen LogP contribution in [0.2, 0.25) is 0 Å². The van der Waals surface area contributed by atoms with Crippen LogP contribution in [0.4, 0.5) is 0 Å². The first-order valence-corrected chi connectivity index (χ1v) is 8.96. The van der Waals surface area contributed by atoms with Gasteiger partial charge in [-0.25, -0.2) is 4.99 Å². The minimum Gasteiger partial charge on any atom is -0.494 e. The maximum atomic E-state index is 12.7. The van der Waals surface area contributed by atoms with Crippen molar-refractivity contribution >= 4 is 11.8 Å². The zero-order valence-corrected chi connectivity index (χ0v) is 15.5. The van der Waals surface area contributed by atoms with Gasteiger partial charge < -0.3 is 19.9 Å². The number of amides is 1. The molecule has 0 saturated carbocycles. The number of rotatable bonds is 10. The van der Waals surface area contributed by atoms with Crippen molar-refractivity contribution in [1.29, 1.82) is 0 Å². The molecular formula is C20H28N2O4. The summed E-state index contributed by atoms with van der Waals surface area (Å²) in [4.78, 5) is 17.3. The second-order valence-electron chi connectivity index (χ2n) is 6.78. The molecule has 1 aliphatic rings. The van der Waals surface area contributed by atoms with Crippen molar-refractivity contribution in [1.82, 2.24) is 5.32 Å². The number of hydrogen-bond acceptors (Lipinski definition) is 5. The van der Waals surface area contributed by atoms with Crippen molar-refractivity contribution < 1.29 is 19.4 Å². The van der Waals surface area contributed by atoms with Crippen molar-refractivity contribution in [3.8, 4) is 5.75 Å². The van der Waals surface area contributed by atoms with Crippen molar-refractivity contribution in [2.24, 2.45) is 10.9 Å². The van der Waals surface area contributed by atoms with Crippen molar-refractivity contribution in [3.05, 3.63) is 42.5 Å². The van der Waals surface area contributed by atoms with Gasteiger partial charge >= 0.3 is 0 Å². The van der Waals surface area contributed by atoms with Crippen molar-refractivity contribution in [3.63, 3.8) is 0 Å². The lowest BCUT2D eigenvalue weighted by molar-refractivity contribution is -0.126. The lowest BCUT2D eigenvalue weighted by Crippen LogP contribution is -2.47. The lowest BCUT2D eigenvalue weighted by Gasteiger charge is -2.22. The van der Waals surface area contributed by atoms with E-state index in [-0.39, 0.29) is 19.1 Å². The van der Waals surface area contributed by atoms with E-state index in [1.165, 1.54) is 0 Å². The summed E-state index contributed by atoms with van der Waals surface area (Å²) in [6, 6.07) is 7.35. The van der Waals surface area contributed by atoms with Gasteiger partial charge in [0.25, 0.3) is 5.91 Å².